The molecule has 0 aromatic heterocycles. The first-order valence-electron chi connectivity index (χ1n) is 5.87. The zero-order chi connectivity index (χ0) is 14.5. The Morgan fingerprint density at radius 1 is 1.32 bits per heavy atom. The number of hydrogen-bond acceptors (Lipinski definition) is 4. The van der Waals surface area contributed by atoms with Crippen molar-refractivity contribution in [2.75, 3.05) is 19.7 Å². The van der Waals surface area contributed by atoms with E-state index in [0.29, 0.717) is 6.42 Å². The Balaban J connectivity index is 3.17. The smallest absolute Gasteiger partial charge is 0.335 e. The maximum absolute atomic E-state index is 12.3. The van der Waals surface area contributed by atoms with E-state index in [9.17, 15) is 13.2 Å². The van der Waals surface area contributed by atoms with Crippen LogP contribution < -0.4 is 0 Å². The summed E-state index contributed by atoms with van der Waals surface area (Å²) in [4.78, 5) is 10.8. The molecule has 0 aliphatic carbocycles. The number of hydrogen-bond donors (Lipinski definition) is 2. The summed E-state index contributed by atoms with van der Waals surface area (Å²) < 4.78 is 25.8. The summed E-state index contributed by atoms with van der Waals surface area (Å²) in [7, 11) is -3.77. The molecule has 106 valence electrons. The van der Waals surface area contributed by atoms with E-state index >= 15 is 0 Å². The van der Waals surface area contributed by atoms with Gasteiger partial charge in [0.15, 0.2) is 0 Å². The van der Waals surface area contributed by atoms with E-state index in [0.717, 1.165) is 10.4 Å². The van der Waals surface area contributed by atoms with Crippen LogP contribution in [0.2, 0.25) is 0 Å². The second-order valence-electron chi connectivity index (χ2n) is 3.96. The first-order valence-corrected chi connectivity index (χ1v) is 7.31. The summed E-state index contributed by atoms with van der Waals surface area (Å²) >= 11 is 0. The van der Waals surface area contributed by atoms with Gasteiger partial charge in [0.2, 0.25) is 10.0 Å². The lowest BCUT2D eigenvalue weighted by atomic mass is 10.2. The van der Waals surface area contributed by atoms with Crippen LogP contribution >= 0.6 is 0 Å². The average Bonchev–Trinajstić information content (AvgIpc) is 2.38. The highest BCUT2D eigenvalue weighted by Gasteiger charge is 2.24. The van der Waals surface area contributed by atoms with Crippen LogP contribution in [0.15, 0.2) is 29.2 Å². The number of nitrogens with zero attached hydrogens (tertiary/aromatic N) is 1. The number of aliphatic hydroxyl groups is 1. The van der Waals surface area contributed by atoms with Gasteiger partial charge in [0, 0.05) is 13.1 Å². The number of carbonyl (C=O) groups is 1. The molecule has 2 N–H and O–H groups in total. The van der Waals surface area contributed by atoms with Crippen LogP contribution in [0.3, 0.4) is 0 Å². The van der Waals surface area contributed by atoms with Crippen LogP contribution in [-0.4, -0.2) is 48.6 Å². The number of carboxylic acid groups (broad SMARTS) is 1. The molecule has 0 unspecified atom stereocenters. The molecule has 0 amide bonds. The number of rotatable bonds is 7. The third-order valence-electron chi connectivity index (χ3n) is 2.54. The van der Waals surface area contributed by atoms with E-state index in [2.05, 4.69) is 0 Å². The molecule has 0 saturated carbocycles. The van der Waals surface area contributed by atoms with Crippen molar-refractivity contribution in [1.82, 2.24) is 4.31 Å². The minimum atomic E-state index is -3.77. The summed E-state index contributed by atoms with van der Waals surface area (Å²) in [5.41, 5.74) is -0.0819. The third kappa shape index (κ3) is 3.76. The fourth-order valence-electron chi connectivity index (χ4n) is 1.65. The summed E-state index contributed by atoms with van der Waals surface area (Å²) in [6.07, 6.45) is 0.609. The fourth-order valence-corrected chi connectivity index (χ4v) is 3.22. The van der Waals surface area contributed by atoms with Crippen molar-refractivity contribution in [3.63, 3.8) is 0 Å². The van der Waals surface area contributed by atoms with Gasteiger partial charge >= 0.3 is 5.97 Å². The lowest BCUT2D eigenvalue weighted by Gasteiger charge is -2.20. The first-order chi connectivity index (χ1) is 8.93. The van der Waals surface area contributed by atoms with Crippen molar-refractivity contribution in [3.8, 4) is 0 Å². The minimum absolute atomic E-state index is 0.00648. The molecule has 0 aliphatic heterocycles. The van der Waals surface area contributed by atoms with Gasteiger partial charge in [0.05, 0.1) is 17.1 Å². The Morgan fingerprint density at radius 3 is 2.53 bits per heavy atom. The van der Waals surface area contributed by atoms with Gasteiger partial charge in [-0.05, 0) is 24.6 Å². The molecule has 1 aromatic carbocycles. The molecule has 0 bridgehead atoms. The maximum Gasteiger partial charge on any atom is 0.335 e. The summed E-state index contributed by atoms with van der Waals surface area (Å²) in [6.45, 7) is 1.82. The van der Waals surface area contributed by atoms with Gasteiger partial charge in [-0.1, -0.05) is 13.0 Å². The molecule has 7 heteroatoms. The van der Waals surface area contributed by atoms with E-state index < -0.39 is 16.0 Å². The van der Waals surface area contributed by atoms with Crippen molar-refractivity contribution in [3.05, 3.63) is 29.8 Å². The van der Waals surface area contributed by atoms with E-state index in [1.807, 2.05) is 6.92 Å². The van der Waals surface area contributed by atoms with Crippen LogP contribution in [0.1, 0.15) is 23.7 Å². The van der Waals surface area contributed by atoms with E-state index in [4.69, 9.17) is 10.2 Å². The molecule has 0 atom stereocenters. The van der Waals surface area contributed by atoms with Gasteiger partial charge in [0.1, 0.15) is 0 Å². The standard InChI is InChI=1S/C12H17NO5S/c1-2-6-13(7-8-14)19(17,18)11-5-3-4-10(9-11)12(15)16/h3-5,9,14H,2,6-8H2,1H3,(H,15,16). The van der Waals surface area contributed by atoms with Crippen LogP contribution in [-0.2, 0) is 10.0 Å². The third-order valence-corrected chi connectivity index (χ3v) is 4.44. The predicted molar refractivity (Wildman–Crippen MR) is 69.5 cm³/mol. The van der Waals surface area contributed by atoms with Crippen LogP contribution in [0.5, 0.6) is 0 Å². The molecular weight excluding hydrogens is 270 g/mol. The molecule has 0 radical (unpaired) electrons. The molecule has 1 rings (SSSR count). The van der Waals surface area contributed by atoms with Gasteiger partial charge in [-0.15, -0.1) is 0 Å². The zero-order valence-electron chi connectivity index (χ0n) is 10.6. The Kier molecular flexibility index (Phi) is 5.46. The molecule has 0 heterocycles. The zero-order valence-corrected chi connectivity index (χ0v) is 11.4. The normalized spacial score (nSPS) is 11.7. The van der Waals surface area contributed by atoms with Crippen LogP contribution in [0.25, 0.3) is 0 Å². The van der Waals surface area contributed by atoms with Crippen molar-refractivity contribution >= 4 is 16.0 Å². The predicted octanol–water partition coefficient (Wildman–Crippen LogP) is 0.778. The monoisotopic (exact) mass is 287 g/mol. The summed E-state index contributed by atoms with van der Waals surface area (Å²) in [5.74, 6) is -1.18. The number of aromatic carboxylic acids is 1. The number of carboxylic acids is 1. The Labute approximate surface area is 112 Å². The van der Waals surface area contributed by atoms with Crippen molar-refractivity contribution in [1.29, 1.82) is 0 Å². The summed E-state index contributed by atoms with van der Waals surface area (Å²) in [5, 5.41) is 17.8. The summed E-state index contributed by atoms with van der Waals surface area (Å²) in [6, 6.07) is 5.19. The molecule has 1 aromatic rings. The average molecular weight is 287 g/mol. The van der Waals surface area contributed by atoms with Gasteiger partial charge in [-0.3, -0.25) is 0 Å². The molecular formula is C12H17NO5S. The van der Waals surface area contributed by atoms with E-state index in [-0.39, 0.29) is 30.2 Å². The van der Waals surface area contributed by atoms with E-state index in [1.165, 1.54) is 18.2 Å². The topological polar surface area (TPSA) is 94.9 Å². The van der Waals surface area contributed by atoms with Gasteiger partial charge in [-0.25, -0.2) is 13.2 Å². The van der Waals surface area contributed by atoms with Crippen molar-refractivity contribution in [2.24, 2.45) is 0 Å². The quantitative estimate of drug-likeness (QED) is 0.772. The number of aliphatic hydroxyl groups excluding tert-OH is 1. The molecule has 6 nitrogen and oxygen atoms in total. The van der Waals surface area contributed by atoms with Gasteiger partial charge in [0.25, 0.3) is 0 Å². The second kappa shape index (κ2) is 6.65. The van der Waals surface area contributed by atoms with Crippen LogP contribution in [0.4, 0.5) is 0 Å². The van der Waals surface area contributed by atoms with Gasteiger partial charge < -0.3 is 10.2 Å². The number of benzene rings is 1. The van der Waals surface area contributed by atoms with E-state index in [1.54, 1.807) is 0 Å². The molecule has 0 saturated heterocycles. The van der Waals surface area contributed by atoms with Crippen LogP contribution in [0, 0.1) is 0 Å². The van der Waals surface area contributed by atoms with Gasteiger partial charge in [-0.2, -0.15) is 4.31 Å². The lowest BCUT2D eigenvalue weighted by Crippen LogP contribution is -2.34. The van der Waals surface area contributed by atoms with Crippen molar-refractivity contribution < 1.29 is 23.4 Å². The van der Waals surface area contributed by atoms with Crippen molar-refractivity contribution in [2.45, 2.75) is 18.2 Å². The molecule has 0 fully saturated rings. The number of sulfonamides is 1. The second-order valence-corrected chi connectivity index (χ2v) is 5.90. The fraction of sp³-hybridized carbons (Fsp3) is 0.417. The first kappa shape index (κ1) is 15.6. The minimum Gasteiger partial charge on any atom is -0.478 e. The highest BCUT2D eigenvalue weighted by atomic mass is 32.2. The molecule has 0 aliphatic rings. The highest BCUT2D eigenvalue weighted by molar-refractivity contribution is 7.89. The Morgan fingerprint density at radius 2 is 2.00 bits per heavy atom. The molecule has 19 heavy (non-hydrogen) atoms. The highest BCUT2D eigenvalue weighted by Crippen LogP contribution is 2.17. The largest absolute Gasteiger partial charge is 0.478 e. The SMILES string of the molecule is CCCN(CCO)S(=O)(=O)c1cccc(C(=O)O)c1. The lowest BCUT2D eigenvalue weighted by molar-refractivity contribution is 0.0696. The molecule has 0 spiro atoms. The Hall–Kier alpha value is -1.44. The Bertz CT molecular complexity index is 535. The maximum atomic E-state index is 12.3.